The van der Waals surface area contributed by atoms with Crippen molar-refractivity contribution in [3.05, 3.63) is 58.9 Å². The summed E-state index contributed by atoms with van der Waals surface area (Å²) in [4.78, 5) is 4.11. The molecule has 0 aromatic heterocycles. The maximum absolute atomic E-state index is 13.8. The van der Waals surface area contributed by atoms with Gasteiger partial charge < -0.3 is 20.1 Å². The van der Waals surface area contributed by atoms with Gasteiger partial charge in [0.2, 0.25) is 6.79 Å². The Morgan fingerprint density at radius 3 is 2.69 bits per heavy atom. The Labute approximate surface area is 168 Å². The van der Waals surface area contributed by atoms with Crippen LogP contribution in [0.3, 0.4) is 0 Å². The Bertz CT molecular complexity index is 852. The Morgan fingerprint density at radius 2 is 1.92 bits per heavy atom. The summed E-state index contributed by atoms with van der Waals surface area (Å²) in [7, 11) is 1.64. The molecule has 6 nitrogen and oxygen atoms in total. The first kappa shape index (κ1) is 19.8. The van der Waals surface area contributed by atoms with Crippen LogP contribution in [0.1, 0.15) is 16.7 Å². The molecule has 2 aromatic rings. The highest BCUT2D eigenvalue weighted by atomic mass is 127. The Kier molecular flexibility index (Phi) is 7.03. The van der Waals surface area contributed by atoms with E-state index in [1.807, 2.05) is 24.3 Å². The van der Waals surface area contributed by atoms with Gasteiger partial charge in [-0.2, -0.15) is 5.26 Å². The number of benzene rings is 2. The monoisotopic (exact) mass is 468 g/mol. The number of nitrogens with zero attached hydrogens (tertiary/aromatic N) is 2. The van der Waals surface area contributed by atoms with E-state index in [1.54, 1.807) is 7.05 Å². The van der Waals surface area contributed by atoms with Gasteiger partial charge in [0.15, 0.2) is 17.5 Å². The molecule has 0 spiro atoms. The zero-order chi connectivity index (χ0) is 17.6. The molecule has 1 aliphatic heterocycles. The predicted octanol–water partition coefficient (Wildman–Crippen LogP) is 2.91. The standard InChI is InChI=1S/C18H17FN4O2.HI/c1-21-18(23-10-14-6-12(8-20)2-4-15(14)19)22-9-13-3-5-16-17(7-13)25-11-24-16;/h2-7H,9-11H2,1H3,(H2,21,22,23);1H. The third-order valence-corrected chi connectivity index (χ3v) is 3.74. The first-order valence-electron chi connectivity index (χ1n) is 7.71. The van der Waals surface area contributed by atoms with Crippen LogP contribution in [0.15, 0.2) is 41.4 Å². The SMILES string of the molecule is CN=C(NCc1ccc2c(c1)OCO2)NCc1cc(C#N)ccc1F.I. The molecule has 1 heterocycles. The van der Waals surface area contributed by atoms with Crippen molar-refractivity contribution in [1.29, 1.82) is 5.26 Å². The van der Waals surface area contributed by atoms with Gasteiger partial charge in [-0.05, 0) is 35.9 Å². The summed E-state index contributed by atoms with van der Waals surface area (Å²) in [6, 6.07) is 12.0. The van der Waals surface area contributed by atoms with Crippen molar-refractivity contribution in [1.82, 2.24) is 10.6 Å². The van der Waals surface area contributed by atoms with Crippen LogP contribution in [0.4, 0.5) is 4.39 Å². The van der Waals surface area contributed by atoms with Gasteiger partial charge in [0.1, 0.15) is 5.82 Å². The predicted molar refractivity (Wildman–Crippen MR) is 106 cm³/mol. The molecule has 1 aliphatic rings. The minimum Gasteiger partial charge on any atom is -0.454 e. The first-order chi connectivity index (χ1) is 12.2. The summed E-state index contributed by atoms with van der Waals surface area (Å²) in [5, 5.41) is 15.1. The number of ether oxygens (including phenoxy) is 2. The first-order valence-corrected chi connectivity index (χ1v) is 7.71. The average Bonchev–Trinajstić information content (AvgIpc) is 3.11. The molecule has 26 heavy (non-hydrogen) atoms. The van der Waals surface area contributed by atoms with Crippen LogP contribution >= 0.6 is 24.0 Å². The van der Waals surface area contributed by atoms with Gasteiger partial charge >= 0.3 is 0 Å². The zero-order valence-electron chi connectivity index (χ0n) is 14.1. The number of hydrogen-bond donors (Lipinski definition) is 2. The molecular formula is C18H18FIN4O2. The summed E-state index contributed by atoms with van der Waals surface area (Å²) in [6.07, 6.45) is 0. The van der Waals surface area contributed by atoms with Crippen LogP contribution in [0, 0.1) is 17.1 Å². The molecule has 0 aliphatic carbocycles. The van der Waals surface area contributed by atoms with Crippen LogP contribution in [0.25, 0.3) is 0 Å². The molecule has 0 fully saturated rings. The molecule has 2 aromatic carbocycles. The van der Waals surface area contributed by atoms with Gasteiger partial charge in [0.05, 0.1) is 11.6 Å². The molecule has 136 valence electrons. The molecule has 0 atom stereocenters. The van der Waals surface area contributed by atoms with Crippen LogP contribution < -0.4 is 20.1 Å². The lowest BCUT2D eigenvalue weighted by atomic mass is 10.1. The fourth-order valence-corrected chi connectivity index (χ4v) is 2.42. The van der Waals surface area contributed by atoms with Crippen molar-refractivity contribution in [2.45, 2.75) is 13.1 Å². The van der Waals surface area contributed by atoms with Gasteiger partial charge in [-0.1, -0.05) is 6.07 Å². The molecule has 2 N–H and O–H groups in total. The number of nitriles is 1. The van der Waals surface area contributed by atoms with Crippen molar-refractivity contribution in [2.24, 2.45) is 4.99 Å². The summed E-state index contributed by atoms with van der Waals surface area (Å²) in [6.45, 7) is 0.988. The number of hydrogen-bond acceptors (Lipinski definition) is 4. The van der Waals surface area contributed by atoms with E-state index in [0.29, 0.717) is 23.6 Å². The largest absolute Gasteiger partial charge is 0.454 e. The summed E-state index contributed by atoms with van der Waals surface area (Å²) < 4.78 is 24.4. The molecule has 0 amide bonds. The summed E-state index contributed by atoms with van der Waals surface area (Å²) in [5.74, 6) is 1.62. The van der Waals surface area contributed by atoms with E-state index in [4.69, 9.17) is 14.7 Å². The second kappa shape index (κ2) is 9.24. The third-order valence-electron chi connectivity index (χ3n) is 3.74. The Balaban J connectivity index is 0.00000243. The fourth-order valence-electron chi connectivity index (χ4n) is 2.42. The highest BCUT2D eigenvalue weighted by Crippen LogP contribution is 2.32. The molecule has 0 saturated carbocycles. The smallest absolute Gasteiger partial charge is 0.231 e. The molecule has 0 unspecified atom stereocenters. The quantitative estimate of drug-likeness (QED) is 0.410. The highest BCUT2D eigenvalue weighted by molar-refractivity contribution is 14.0. The maximum atomic E-state index is 13.8. The normalized spacial score (nSPS) is 12.1. The molecule has 0 bridgehead atoms. The van der Waals surface area contributed by atoms with Gasteiger partial charge in [-0.25, -0.2) is 4.39 Å². The van der Waals surface area contributed by atoms with Gasteiger partial charge in [0.25, 0.3) is 0 Å². The van der Waals surface area contributed by atoms with E-state index in [2.05, 4.69) is 15.6 Å². The van der Waals surface area contributed by atoms with E-state index in [-0.39, 0.29) is 43.1 Å². The van der Waals surface area contributed by atoms with Gasteiger partial charge in [-0.3, -0.25) is 4.99 Å². The topological polar surface area (TPSA) is 78.7 Å². The average molecular weight is 468 g/mol. The van der Waals surface area contributed by atoms with Crippen LogP contribution in [-0.2, 0) is 13.1 Å². The van der Waals surface area contributed by atoms with Crippen LogP contribution in [0.5, 0.6) is 11.5 Å². The van der Waals surface area contributed by atoms with Crippen molar-refractivity contribution in [3.63, 3.8) is 0 Å². The zero-order valence-corrected chi connectivity index (χ0v) is 16.4. The number of fused-ring (bicyclic) bond motifs is 1. The number of rotatable bonds is 4. The fraction of sp³-hybridized carbons (Fsp3) is 0.222. The molecule has 3 rings (SSSR count). The molecule has 0 saturated heterocycles. The van der Waals surface area contributed by atoms with E-state index in [9.17, 15) is 4.39 Å². The van der Waals surface area contributed by atoms with Crippen molar-refractivity contribution in [2.75, 3.05) is 13.8 Å². The van der Waals surface area contributed by atoms with Crippen molar-refractivity contribution >= 4 is 29.9 Å². The van der Waals surface area contributed by atoms with Crippen LogP contribution in [-0.4, -0.2) is 19.8 Å². The third kappa shape index (κ3) is 4.76. The Hall–Kier alpha value is -2.54. The number of nitrogens with one attached hydrogen (secondary N) is 2. The molecular weight excluding hydrogens is 450 g/mol. The summed E-state index contributed by atoms with van der Waals surface area (Å²) in [5.41, 5.74) is 1.83. The van der Waals surface area contributed by atoms with Crippen LogP contribution in [0.2, 0.25) is 0 Å². The lowest BCUT2D eigenvalue weighted by Gasteiger charge is -2.13. The Morgan fingerprint density at radius 1 is 1.15 bits per heavy atom. The van der Waals surface area contributed by atoms with Crippen molar-refractivity contribution in [3.8, 4) is 17.6 Å². The second-order valence-electron chi connectivity index (χ2n) is 5.38. The molecule has 0 radical (unpaired) electrons. The summed E-state index contributed by atoms with van der Waals surface area (Å²) >= 11 is 0. The van der Waals surface area contributed by atoms with Crippen molar-refractivity contribution < 1.29 is 13.9 Å². The van der Waals surface area contributed by atoms with E-state index in [0.717, 1.165) is 17.1 Å². The van der Waals surface area contributed by atoms with Gasteiger partial charge in [-0.15, -0.1) is 24.0 Å². The van der Waals surface area contributed by atoms with Gasteiger partial charge in [0, 0.05) is 25.7 Å². The molecule has 8 heteroatoms. The minimum atomic E-state index is -0.363. The number of halogens is 2. The number of guanidine groups is 1. The van der Waals surface area contributed by atoms with E-state index in [1.165, 1.54) is 18.2 Å². The minimum absolute atomic E-state index is 0. The second-order valence-corrected chi connectivity index (χ2v) is 5.38. The van der Waals surface area contributed by atoms with E-state index < -0.39 is 0 Å². The highest BCUT2D eigenvalue weighted by Gasteiger charge is 2.13. The lowest BCUT2D eigenvalue weighted by Crippen LogP contribution is -2.36. The lowest BCUT2D eigenvalue weighted by molar-refractivity contribution is 0.174. The maximum Gasteiger partial charge on any atom is 0.231 e. The number of aliphatic imine (C=N–C) groups is 1. The van der Waals surface area contributed by atoms with E-state index >= 15 is 0 Å².